The Morgan fingerprint density at radius 2 is 1.93 bits per heavy atom. The maximum absolute atomic E-state index is 6.01. The van der Waals surface area contributed by atoms with E-state index in [9.17, 15) is 0 Å². The smallest absolute Gasteiger partial charge is 0.246 e. The van der Waals surface area contributed by atoms with Crippen LogP contribution in [0.4, 0.5) is 0 Å². The second-order valence-corrected chi connectivity index (χ2v) is 6.42. The molecular weight excluding hydrogens is 394 g/mol. The summed E-state index contributed by atoms with van der Waals surface area (Å²) in [4.78, 5) is 8.58. The minimum atomic E-state index is 0.326. The Labute approximate surface area is 173 Å². The molecule has 0 aliphatic carbocycles. The van der Waals surface area contributed by atoms with Crippen molar-refractivity contribution in [2.24, 2.45) is 4.99 Å². The third kappa shape index (κ3) is 5.39. The van der Waals surface area contributed by atoms with Gasteiger partial charge in [0.2, 0.25) is 11.7 Å². The maximum atomic E-state index is 6.01. The second kappa shape index (κ2) is 9.79. The van der Waals surface area contributed by atoms with E-state index in [4.69, 9.17) is 25.6 Å². The van der Waals surface area contributed by atoms with E-state index in [0.29, 0.717) is 35.8 Å². The fourth-order valence-electron chi connectivity index (χ4n) is 2.63. The molecule has 2 N–H and O–H groups in total. The SMILES string of the molecule is CN=C(NCc1nc(-c2cccc(Cl)c2)no1)NCc1ccc(OC)cc1OC. The summed E-state index contributed by atoms with van der Waals surface area (Å²) < 4.78 is 15.9. The molecule has 0 amide bonds. The number of benzene rings is 2. The number of aromatic nitrogens is 2. The van der Waals surface area contributed by atoms with Crippen molar-refractivity contribution in [2.75, 3.05) is 21.3 Å². The predicted molar refractivity (Wildman–Crippen MR) is 111 cm³/mol. The summed E-state index contributed by atoms with van der Waals surface area (Å²) in [5.74, 6) is 2.97. The molecule has 1 aromatic heterocycles. The maximum Gasteiger partial charge on any atom is 0.246 e. The largest absolute Gasteiger partial charge is 0.497 e. The highest BCUT2D eigenvalue weighted by Crippen LogP contribution is 2.24. The lowest BCUT2D eigenvalue weighted by Gasteiger charge is -2.13. The number of nitrogens with one attached hydrogen (secondary N) is 2. The van der Waals surface area contributed by atoms with Gasteiger partial charge in [0.05, 0.1) is 20.8 Å². The van der Waals surface area contributed by atoms with Gasteiger partial charge in [-0.2, -0.15) is 4.98 Å². The summed E-state index contributed by atoms with van der Waals surface area (Å²) in [6.45, 7) is 0.845. The molecule has 0 aliphatic heterocycles. The van der Waals surface area contributed by atoms with Crippen LogP contribution in [0.15, 0.2) is 52.0 Å². The normalized spacial score (nSPS) is 11.2. The molecule has 0 spiro atoms. The van der Waals surface area contributed by atoms with Crippen LogP contribution in [-0.4, -0.2) is 37.4 Å². The van der Waals surface area contributed by atoms with Crippen LogP contribution in [0.25, 0.3) is 11.4 Å². The Morgan fingerprint density at radius 3 is 2.66 bits per heavy atom. The van der Waals surface area contributed by atoms with Crippen molar-refractivity contribution in [1.82, 2.24) is 20.8 Å². The summed E-state index contributed by atoms with van der Waals surface area (Å²) in [6, 6.07) is 12.9. The van der Waals surface area contributed by atoms with Crippen molar-refractivity contribution < 1.29 is 14.0 Å². The number of rotatable bonds is 7. The number of halogens is 1. The van der Waals surface area contributed by atoms with E-state index >= 15 is 0 Å². The van der Waals surface area contributed by atoms with Gasteiger partial charge in [0.25, 0.3) is 0 Å². The molecule has 0 saturated carbocycles. The lowest BCUT2D eigenvalue weighted by atomic mass is 10.2. The Kier molecular flexibility index (Phi) is 6.91. The lowest BCUT2D eigenvalue weighted by Crippen LogP contribution is -2.36. The van der Waals surface area contributed by atoms with E-state index in [1.807, 2.05) is 30.3 Å². The van der Waals surface area contributed by atoms with Crippen LogP contribution in [0.1, 0.15) is 11.5 Å². The van der Waals surface area contributed by atoms with Gasteiger partial charge in [-0.15, -0.1) is 0 Å². The first kappa shape index (κ1) is 20.5. The zero-order chi connectivity index (χ0) is 20.6. The summed E-state index contributed by atoms with van der Waals surface area (Å²) in [6.07, 6.45) is 0. The highest BCUT2D eigenvalue weighted by molar-refractivity contribution is 6.30. The zero-order valence-corrected chi connectivity index (χ0v) is 17.2. The van der Waals surface area contributed by atoms with Crippen LogP contribution < -0.4 is 20.1 Å². The summed E-state index contributed by atoms with van der Waals surface area (Å²) in [5, 5.41) is 11.0. The quantitative estimate of drug-likeness (QED) is 0.451. The topological polar surface area (TPSA) is 93.8 Å². The number of nitrogens with zero attached hydrogens (tertiary/aromatic N) is 3. The van der Waals surface area contributed by atoms with Crippen LogP contribution in [0.2, 0.25) is 5.02 Å². The van der Waals surface area contributed by atoms with Crippen molar-refractivity contribution in [3.63, 3.8) is 0 Å². The Hall–Kier alpha value is -3.26. The van der Waals surface area contributed by atoms with Gasteiger partial charge in [-0.25, -0.2) is 0 Å². The monoisotopic (exact) mass is 415 g/mol. The van der Waals surface area contributed by atoms with Crippen molar-refractivity contribution in [1.29, 1.82) is 0 Å². The molecule has 0 saturated heterocycles. The molecule has 2 aromatic carbocycles. The summed E-state index contributed by atoms with van der Waals surface area (Å²) in [7, 11) is 4.93. The Balaban J connectivity index is 1.58. The number of guanidine groups is 1. The highest BCUT2D eigenvalue weighted by Gasteiger charge is 2.10. The summed E-state index contributed by atoms with van der Waals surface area (Å²) in [5.41, 5.74) is 1.76. The van der Waals surface area contributed by atoms with Gasteiger partial charge in [0.1, 0.15) is 11.5 Å². The Morgan fingerprint density at radius 1 is 1.10 bits per heavy atom. The van der Waals surface area contributed by atoms with Crippen LogP contribution in [-0.2, 0) is 13.1 Å². The van der Waals surface area contributed by atoms with Crippen molar-refractivity contribution >= 4 is 17.6 Å². The van der Waals surface area contributed by atoms with Crippen molar-refractivity contribution in [3.8, 4) is 22.9 Å². The molecule has 152 valence electrons. The molecule has 3 aromatic rings. The number of methoxy groups -OCH3 is 2. The molecule has 0 aliphatic rings. The zero-order valence-electron chi connectivity index (χ0n) is 16.4. The second-order valence-electron chi connectivity index (χ2n) is 5.98. The van der Waals surface area contributed by atoms with Gasteiger partial charge < -0.3 is 24.6 Å². The molecule has 1 heterocycles. The lowest BCUT2D eigenvalue weighted by molar-refractivity contribution is 0.375. The number of ether oxygens (including phenoxy) is 2. The summed E-state index contributed by atoms with van der Waals surface area (Å²) >= 11 is 6.01. The Bertz CT molecular complexity index is 990. The van der Waals surface area contributed by atoms with E-state index < -0.39 is 0 Å². The van der Waals surface area contributed by atoms with Crippen LogP contribution in [0.3, 0.4) is 0 Å². The molecule has 0 fully saturated rings. The molecule has 0 bridgehead atoms. The van der Waals surface area contributed by atoms with Crippen LogP contribution >= 0.6 is 11.6 Å². The van der Waals surface area contributed by atoms with E-state index in [-0.39, 0.29) is 0 Å². The third-order valence-electron chi connectivity index (χ3n) is 4.12. The molecule has 0 radical (unpaired) electrons. The van der Waals surface area contributed by atoms with Gasteiger partial charge in [-0.05, 0) is 24.3 Å². The van der Waals surface area contributed by atoms with Crippen molar-refractivity contribution in [3.05, 3.63) is 58.9 Å². The van der Waals surface area contributed by atoms with Gasteiger partial charge in [-0.1, -0.05) is 28.9 Å². The first-order chi connectivity index (χ1) is 14.1. The molecule has 0 atom stereocenters. The third-order valence-corrected chi connectivity index (χ3v) is 4.36. The molecule has 29 heavy (non-hydrogen) atoms. The van der Waals surface area contributed by atoms with E-state index in [1.54, 1.807) is 33.4 Å². The van der Waals surface area contributed by atoms with Gasteiger partial charge in [0, 0.05) is 35.8 Å². The molecule has 0 unspecified atom stereocenters. The fourth-order valence-corrected chi connectivity index (χ4v) is 2.82. The predicted octanol–water partition coefficient (Wildman–Crippen LogP) is 3.27. The van der Waals surface area contributed by atoms with Gasteiger partial charge in [0.15, 0.2) is 5.96 Å². The minimum Gasteiger partial charge on any atom is -0.497 e. The average molecular weight is 416 g/mol. The number of hydrogen-bond donors (Lipinski definition) is 2. The van der Waals surface area contributed by atoms with E-state index in [2.05, 4.69) is 25.8 Å². The first-order valence-electron chi connectivity index (χ1n) is 8.87. The van der Waals surface area contributed by atoms with E-state index in [0.717, 1.165) is 22.6 Å². The average Bonchev–Trinajstić information content (AvgIpc) is 3.23. The minimum absolute atomic E-state index is 0.326. The number of hydrogen-bond acceptors (Lipinski definition) is 6. The van der Waals surface area contributed by atoms with Gasteiger partial charge in [-0.3, -0.25) is 4.99 Å². The number of aliphatic imine (C=N–C) groups is 1. The molecule has 8 nitrogen and oxygen atoms in total. The fraction of sp³-hybridized carbons (Fsp3) is 0.250. The standard InChI is InChI=1S/C20H22ClN5O3/c1-22-20(23-11-14-7-8-16(27-2)10-17(14)28-3)24-12-18-25-19(26-29-18)13-5-4-6-15(21)9-13/h4-10H,11-12H2,1-3H3,(H2,22,23,24). The molecular formula is C20H22ClN5O3. The van der Waals surface area contributed by atoms with Gasteiger partial charge >= 0.3 is 0 Å². The molecule has 9 heteroatoms. The molecule has 3 rings (SSSR count). The first-order valence-corrected chi connectivity index (χ1v) is 9.24. The van der Waals surface area contributed by atoms with E-state index in [1.165, 1.54) is 0 Å². The van der Waals surface area contributed by atoms with Crippen molar-refractivity contribution in [2.45, 2.75) is 13.1 Å². The highest BCUT2D eigenvalue weighted by atomic mass is 35.5. The van der Waals surface area contributed by atoms with Crippen LogP contribution in [0.5, 0.6) is 11.5 Å². The van der Waals surface area contributed by atoms with Crippen LogP contribution in [0, 0.1) is 0 Å².